The molecule has 0 amide bonds. The van der Waals surface area contributed by atoms with E-state index in [-0.39, 0.29) is 0 Å². The number of likely N-dealkylation sites (tertiary alicyclic amines) is 1. The third-order valence-electron chi connectivity index (χ3n) is 4.13. The lowest BCUT2D eigenvalue weighted by molar-refractivity contribution is 0.113. The molecule has 0 aliphatic carbocycles. The highest BCUT2D eigenvalue weighted by Crippen LogP contribution is 2.18. The Bertz CT molecular complexity index is 324. The Kier molecular flexibility index (Phi) is 5.21. The highest BCUT2D eigenvalue weighted by atomic mass is 15.2. The molecule has 2 nitrogen and oxygen atoms in total. The van der Waals surface area contributed by atoms with Gasteiger partial charge < -0.3 is 4.90 Å². The number of rotatable bonds is 5. The molecule has 1 heterocycles. The van der Waals surface area contributed by atoms with Gasteiger partial charge in [-0.3, -0.25) is 4.90 Å². The van der Waals surface area contributed by atoms with Crippen LogP contribution in [0, 0.1) is 0 Å². The van der Waals surface area contributed by atoms with Crippen LogP contribution in [-0.2, 0) is 6.54 Å². The standard InChI is InChI=1S/C16H26N2/c1-3-18(4-2)16-10-12-17(13-11-16)14-15-8-6-5-7-9-15/h5-9,16H,3-4,10-14H2,1-2H3. The summed E-state index contributed by atoms with van der Waals surface area (Å²) in [7, 11) is 0. The van der Waals surface area contributed by atoms with Gasteiger partial charge in [0.25, 0.3) is 0 Å². The molecule has 1 aliphatic heterocycles. The maximum atomic E-state index is 2.61. The zero-order chi connectivity index (χ0) is 12.8. The second-order valence-electron chi connectivity index (χ2n) is 5.21. The predicted octanol–water partition coefficient (Wildman–Crippen LogP) is 2.99. The van der Waals surface area contributed by atoms with Gasteiger partial charge in [0, 0.05) is 12.6 Å². The minimum atomic E-state index is 0.812. The van der Waals surface area contributed by atoms with Crippen molar-refractivity contribution in [2.75, 3.05) is 26.2 Å². The summed E-state index contributed by atoms with van der Waals surface area (Å²) >= 11 is 0. The quantitative estimate of drug-likeness (QED) is 0.788. The molecule has 0 saturated carbocycles. The Morgan fingerprint density at radius 3 is 2.22 bits per heavy atom. The van der Waals surface area contributed by atoms with Crippen molar-refractivity contribution in [3.63, 3.8) is 0 Å². The summed E-state index contributed by atoms with van der Waals surface area (Å²) in [6.07, 6.45) is 2.66. The zero-order valence-corrected chi connectivity index (χ0v) is 11.8. The first kappa shape index (κ1) is 13.6. The molecule has 0 N–H and O–H groups in total. The lowest BCUT2D eigenvalue weighted by Gasteiger charge is -2.37. The largest absolute Gasteiger partial charge is 0.301 e. The summed E-state index contributed by atoms with van der Waals surface area (Å²) in [5.74, 6) is 0. The Hall–Kier alpha value is -0.860. The molecule has 0 spiro atoms. The molecular weight excluding hydrogens is 220 g/mol. The van der Waals surface area contributed by atoms with Crippen LogP contribution in [0.25, 0.3) is 0 Å². The molecular formula is C16H26N2. The minimum absolute atomic E-state index is 0.812. The molecule has 0 bridgehead atoms. The summed E-state index contributed by atoms with van der Waals surface area (Å²) in [5, 5.41) is 0. The van der Waals surface area contributed by atoms with E-state index in [9.17, 15) is 0 Å². The van der Waals surface area contributed by atoms with E-state index in [4.69, 9.17) is 0 Å². The Morgan fingerprint density at radius 2 is 1.67 bits per heavy atom. The van der Waals surface area contributed by atoms with Crippen LogP contribution < -0.4 is 0 Å². The second-order valence-corrected chi connectivity index (χ2v) is 5.21. The normalized spacial score (nSPS) is 18.4. The Labute approximate surface area is 112 Å². The van der Waals surface area contributed by atoms with Gasteiger partial charge in [-0.15, -0.1) is 0 Å². The van der Waals surface area contributed by atoms with Crippen molar-refractivity contribution in [1.82, 2.24) is 9.80 Å². The minimum Gasteiger partial charge on any atom is -0.301 e. The summed E-state index contributed by atoms with van der Waals surface area (Å²) in [4.78, 5) is 5.20. The second kappa shape index (κ2) is 6.91. The molecule has 1 aromatic carbocycles. The average Bonchev–Trinajstić information content (AvgIpc) is 2.43. The van der Waals surface area contributed by atoms with Crippen LogP contribution in [0.3, 0.4) is 0 Å². The van der Waals surface area contributed by atoms with E-state index >= 15 is 0 Å². The van der Waals surface area contributed by atoms with Crippen molar-refractivity contribution in [2.45, 2.75) is 39.3 Å². The fourth-order valence-corrected chi connectivity index (χ4v) is 3.02. The summed E-state index contributed by atoms with van der Waals surface area (Å²) in [6.45, 7) is 10.6. The Balaban J connectivity index is 1.80. The van der Waals surface area contributed by atoms with Crippen molar-refractivity contribution in [2.24, 2.45) is 0 Å². The SMILES string of the molecule is CCN(CC)C1CCN(Cc2ccccc2)CC1. The van der Waals surface area contributed by atoms with E-state index in [2.05, 4.69) is 54.0 Å². The van der Waals surface area contributed by atoms with Crippen molar-refractivity contribution < 1.29 is 0 Å². The van der Waals surface area contributed by atoms with Gasteiger partial charge >= 0.3 is 0 Å². The lowest BCUT2D eigenvalue weighted by atomic mass is 10.0. The van der Waals surface area contributed by atoms with Gasteiger partial charge in [0.1, 0.15) is 0 Å². The zero-order valence-electron chi connectivity index (χ0n) is 11.8. The monoisotopic (exact) mass is 246 g/mol. The molecule has 100 valence electrons. The molecule has 0 atom stereocenters. The van der Waals surface area contributed by atoms with E-state index in [1.807, 2.05) is 0 Å². The van der Waals surface area contributed by atoms with Crippen LogP contribution in [0.1, 0.15) is 32.3 Å². The van der Waals surface area contributed by atoms with Crippen molar-refractivity contribution in [3.8, 4) is 0 Å². The van der Waals surface area contributed by atoms with Crippen LogP contribution >= 0.6 is 0 Å². The van der Waals surface area contributed by atoms with Crippen LogP contribution in [0.2, 0.25) is 0 Å². The number of hydrogen-bond acceptors (Lipinski definition) is 2. The number of nitrogens with zero attached hydrogens (tertiary/aromatic N) is 2. The van der Waals surface area contributed by atoms with Crippen molar-refractivity contribution in [1.29, 1.82) is 0 Å². The molecule has 2 heteroatoms. The van der Waals surface area contributed by atoms with E-state index in [1.54, 1.807) is 0 Å². The molecule has 1 saturated heterocycles. The highest BCUT2D eigenvalue weighted by molar-refractivity contribution is 5.14. The maximum absolute atomic E-state index is 2.61. The molecule has 2 rings (SSSR count). The van der Waals surface area contributed by atoms with E-state index in [1.165, 1.54) is 44.6 Å². The third-order valence-corrected chi connectivity index (χ3v) is 4.13. The molecule has 1 aliphatic rings. The van der Waals surface area contributed by atoms with E-state index < -0.39 is 0 Å². The van der Waals surface area contributed by atoms with Crippen molar-refractivity contribution in [3.05, 3.63) is 35.9 Å². The fraction of sp³-hybridized carbons (Fsp3) is 0.625. The van der Waals surface area contributed by atoms with Gasteiger partial charge in [0.2, 0.25) is 0 Å². The van der Waals surface area contributed by atoms with E-state index in [0.717, 1.165) is 12.6 Å². The number of benzene rings is 1. The van der Waals surface area contributed by atoms with Gasteiger partial charge in [0.15, 0.2) is 0 Å². The summed E-state index contributed by atoms with van der Waals surface area (Å²) in [5.41, 5.74) is 1.44. The summed E-state index contributed by atoms with van der Waals surface area (Å²) in [6, 6.07) is 11.6. The molecule has 18 heavy (non-hydrogen) atoms. The molecule has 0 aromatic heterocycles. The van der Waals surface area contributed by atoms with E-state index in [0.29, 0.717) is 0 Å². The molecule has 1 fully saturated rings. The molecule has 0 unspecified atom stereocenters. The van der Waals surface area contributed by atoms with Crippen LogP contribution in [-0.4, -0.2) is 42.0 Å². The van der Waals surface area contributed by atoms with Gasteiger partial charge in [-0.05, 0) is 44.6 Å². The first-order valence-corrected chi connectivity index (χ1v) is 7.33. The van der Waals surface area contributed by atoms with Gasteiger partial charge in [-0.2, -0.15) is 0 Å². The smallest absolute Gasteiger partial charge is 0.0233 e. The van der Waals surface area contributed by atoms with Gasteiger partial charge in [0.05, 0.1) is 0 Å². The Morgan fingerprint density at radius 1 is 1.06 bits per heavy atom. The lowest BCUT2D eigenvalue weighted by Crippen LogP contribution is -2.44. The number of hydrogen-bond donors (Lipinski definition) is 0. The topological polar surface area (TPSA) is 6.48 Å². The first-order chi connectivity index (χ1) is 8.83. The van der Waals surface area contributed by atoms with Crippen LogP contribution in [0.4, 0.5) is 0 Å². The predicted molar refractivity (Wildman–Crippen MR) is 77.7 cm³/mol. The highest BCUT2D eigenvalue weighted by Gasteiger charge is 2.22. The van der Waals surface area contributed by atoms with Gasteiger partial charge in [-0.1, -0.05) is 44.2 Å². The average molecular weight is 246 g/mol. The first-order valence-electron chi connectivity index (χ1n) is 7.33. The third kappa shape index (κ3) is 3.56. The van der Waals surface area contributed by atoms with Gasteiger partial charge in [-0.25, -0.2) is 0 Å². The maximum Gasteiger partial charge on any atom is 0.0233 e. The summed E-state index contributed by atoms with van der Waals surface area (Å²) < 4.78 is 0. The van der Waals surface area contributed by atoms with Crippen molar-refractivity contribution >= 4 is 0 Å². The number of piperidine rings is 1. The molecule has 0 radical (unpaired) electrons. The van der Waals surface area contributed by atoms with Crippen LogP contribution in [0.15, 0.2) is 30.3 Å². The molecule has 1 aromatic rings. The fourth-order valence-electron chi connectivity index (χ4n) is 3.02. The van der Waals surface area contributed by atoms with Crippen LogP contribution in [0.5, 0.6) is 0 Å².